The molecule has 5 heteroatoms. The third kappa shape index (κ3) is 4.43. The largest absolute Gasteiger partial charge is 0.458 e. The van der Waals surface area contributed by atoms with Crippen LogP contribution in [0.15, 0.2) is 42.0 Å². The summed E-state index contributed by atoms with van der Waals surface area (Å²) >= 11 is 0. The van der Waals surface area contributed by atoms with Gasteiger partial charge in [0.1, 0.15) is 11.6 Å². The Balaban J connectivity index is 1.62. The van der Waals surface area contributed by atoms with E-state index >= 15 is 0 Å². The van der Waals surface area contributed by atoms with E-state index in [-0.39, 0.29) is 5.39 Å². The molecule has 0 bridgehead atoms. The van der Waals surface area contributed by atoms with Crippen molar-refractivity contribution in [2.45, 2.75) is 51.1 Å². The predicted molar refractivity (Wildman–Crippen MR) is 109 cm³/mol. The maximum Gasteiger partial charge on any atom is 0.458 e. The van der Waals surface area contributed by atoms with Gasteiger partial charge < -0.3 is 0 Å². The van der Waals surface area contributed by atoms with Gasteiger partial charge in [-0.15, -0.1) is 0 Å². The van der Waals surface area contributed by atoms with Gasteiger partial charge >= 0.3 is 6.18 Å². The first-order valence-electron chi connectivity index (χ1n) is 10.2. The lowest BCUT2D eigenvalue weighted by Gasteiger charge is -2.27. The molecule has 0 saturated heterocycles. The minimum atomic E-state index is -4.81. The first-order chi connectivity index (χ1) is 14.3. The number of hydrogen-bond acceptors (Lipinski definition) is 0. The molecule has 0 amide bonds. The molecular formula is C25H21F5. The fourth-order valence-corrected chi connectivity index (χ4v) is 4.44. The molecule has 2 aliphatic carbocycles. The Labute approximate surface area is 172 Å². The third-order valence-electron chi connectivity index (χ3n) is 5.99. The van der Waals surface area contributed by atoms with Gasteiger partial charge in [0.05, 0.1) is 5.56 Å². The molecule has 1 unspecified atom stereocenters. The van der Waals surface area contributed by atoms with E-state index in [0.717, 1.165) is 42.4 Å². The van der Waals surface area contributed by atoms with Crippen molar-refractivity contribution >= 4 is 16.3 Å². The van der Waals surface area contributed by atoms with Gasteiger partial charge in [-0.3, -0.25) is 0 Å². The Morgan fingerprint density at radius 1 is 0.967 bits per heavy atom. The third-order valence-corrected chi connectivity index (χ3v) is 5.99. The Morgan fingerprint density at radius 3 is 2.47 bits per heavy atom. The highest BCUT2D eigenvalue weighted by molar-refractivity contribution is 5.88. The lowest BCUT2D eigenvalue weighted by Crippen LogP contribution is -2.10. The number of fused-ring (bicyclic) bond motifs is 1. The van der Waals surface area contributed by atoms with Gasteiger partial charge in [0, 0.05) is 11.3 Å². The fourth-order valence-electron chi connectivity index (χ4n) is 4.44. The number of rotatable bonds is 2. The highest BCUT2D eigenvalue weighted by Gasteiger charge is 2.24. The van der Waals surface area contributed by atoms with Crippen molar-refractivity contribution in [3.05, 3.63) is 64.8 Å². The topological polar surface area (TPSA) is 0 Å². The van der Waals surface area contributed by atoms with Crippen LogP contribution < -0.4 is 0 Å². The summed E-state index contributed by atoms with van der Waals surface area (Å²) < 4.78 is 65.7. The maximum absolute atomic E-state index is 14.6. The van der Waals surface area contributed by atoms with E-state index in [4.69, 9.17) is 0 Å². The van der Waals surface area contributed by atoms with Gasteiger partial charge in [0.2, 0.25) is 0 Å². The predicted octanol–water partition coefficient (Wildman–Crippen LogP) is 7.72. The summed E-state index contributed by atoms with van der Waals surface area (Å²) in [5, 5.41) is 0.381. The minimum absolute atomic E-state index is 0.0632. The zero-order valence-electron chi connectivity index (χ0n) is 16.4. The molecule has 2 aromatic rings. The SMILES string of the molecule is Fc1cc2cc(C3=CCC(C4=CCCCC4)CC3)ccc2c(F)c1C#CC(F)(F)F. The van der Waals surface area contributed by atoms with Gasteiger partial charge in [-0.05, 0) is 79.5 Å². The van der Waals surface area contributed by atoms with Crippen LogP contribution in [0, 0.1) is 29.4 Å². The van der Waals surface area contributed by atoms with Crippen LogP contribution >= 0.6 is 0 Å². The van der Waals surface area contributed by atoms with Crippen LogP contribution in [0.3, 0.4) is 0 Å². The van der Waals surface area contributed by atoms with E-state index < -0.39 is 23.4 Å². The van der Waals surface area contributed by atoms with Crippen LogP contribution in [-0.4, -0.2) is 6.18 Å². The van der Waals surface area contributed by atoms with E-state index in [0.29, 0.717) is 11.3 Å². The summed E-state index contributed by atoms with van der Waals surface area (Å²) in [6, 6.07) is 6.00. The Morgan fingerprint density at radius 2 is 1.80 bits per heavy atom. The van der Waals surface area contributed by atoms with Crippen molar-refractivity contribution in [3.8, 4) is 11.8 Å². The van der Waals surface area contributed by atoms with Gasteiger partial charge in [-0.1, -0.05) is 35.8 Å². The Kier molecular flexibility index (Phi) is 5.69. The minimum Gasteiger partial charge on any atom is -0.205 e. The summed E-state index contributed by atoms with van der Waals surface area (Å²) in [4.78, 5) is 0. The highest BCUT2D eigenvalue weighted by atomic mass is 19.4. The van der Waals surface area contributed by atoms with E-state index in [1.54, 1.807) is 23.6 Å². The Hall–Kier alpha value is -2.61. The molecule has 0 radical (unpaired) electrons. The lowest BCUT2D eigenvalue weighted by atomic mass is 9.79. The van der Waals surface area contributed by atoms with Crippen molar-refractivity contribution in [3.63, 3.8) is 0 Å². The van der Waals surface area contributed by atoms with E-state index in [2.05, 4.69) is 12.2 Å². The molecule has 0 fully saturated rings. The first kappa shape index (κ1) is 20.7. The van der Waals surface area contributed by atoms with Crippen LogP contribution in [0.25, 0.3) is 16.3 Å². The number of halogens is 5. The van der Waals surface area contributed by atoms with Crippen molar-refractivity contribution in [2.24, 2.45) is 5.92 Å². The molecule has 1 atom stereocenters. The van der Waals surface area contributed by atoms with Crippen molar-refractivity contribution in [1.82, 2.24) is 0 Å². The fraction of sp³-hybridized carbons (Fsp3) is 0.360. The standard InChI is InChI=1S/C25H21F5/c26-23-15-20-14-19(10-11-21(20)24(27)22(23)12-13-25(28,29)30)18-8-6-17(7-9-18)16-4-2-1-3-5-16/h4,8,10-11,14-15,17H,1-3,5-7,9H2. The van der Waals surface area contributed by atoms with Gasteiger partial charge in [-0.2, -0.15) is 13.2 Å². The van der Waals surface area contributed by atoms with Crippen LogP contribution in [0.5, 0.6) is 0 Å². The van der Waals surface area contributed by atoms with Crippen molar-refractivity contribution < 1.29 is 22.0 Å². The number of benzene rings is 2. The van der Waals surface area contributed by atoms with Gasteiger partial charge in [0.15, 0.2) is 0 Å². The molecule has 2 aromatic carbocycles. The molecule has 0 N–H and O–H groups in total. The molecule has 0 nitrogen and oxygen atoms in total. The molecule has 0 heterocycles. The summed E-state index contributed by atoms with van der Waals surface area (Å²) in [7, 11) is 0. The van der Waals surface area contributed by atoms with E-state index in [9.17, 15) is 22.0 Å². The smallest absolute Gasteiger partial charge is 0.205 e. The normalized spacial score (nSPS) is 19.7. The maximum atomic E-state index is 14.6. The van der Waals surface area contributed by atoms with E-state index in [1.165, 1.54) is 31.7 Å². The Bertz CT molecular complexity index is 1090. The lowest BCUT2D eigenvalue weighted by molar-refractivity contribution is -0.0696. The summed E-state index contributed by atoms with van der Waals surface area (Å²) in [5.41, 5.74) is 2.75. The molecule has 30 heavy (non-hydrogen) atoms. The van der Waals surface area contributed by atoms with Crippen LogP contribution in [0.4, 0.5) is 22.0 Å². The molecule has 2 aliphatic rings. The van der Waals surface area contributed by atoms with Crippen molar-refractivity contribution in [1.29, 1.82) is 0 Å². The second kappa shape index (κ2) is 8.26. The monoisotopic (exact) mass is 416 g/mol. The average molecular weight is 416 g/mol. The molecular weight excluding hydrogens is 395 g/mol. The molecule has 0 aliphatic heterocycles. The summed E-state index contributed by atoms with van der Waals surface area (Å²) in [6.07, 6.45) is 7.58. The zero-order chi connectivity index (χ0) is 21.3. The molecule has 0 aromatic heterocycles. The first-order valence-corrected chi connectivity index (χ1v) is 10.2. The van der Waals surface area contributed by atoms with Crippen molar-refractivity contribution in [2.75, 3.05) is 0 Å². The second-order valence-electron chi connectivity index (χ2n) is 7.96. The zero-order valence-corrected chi connectivity index (χ0v) is 16.4. The highest BCUT2D eigenvalue weighted by Crippen LogP contribution is 2.38. The molecule has 0 spiro atoms. The average Bonchev–Trinajstić information content (AvgIpc) is 2.73. The quantitative estimate of drug-likeness (QED) is 0.267. The summed E-state index contributed by atoms with van der Waals surface area (Å²) in [5.74, 6) is 0.956. The van der Waals surface area contributed by atoms with Crippen LogP contribution in [-0.2, 0) is 0 Å². The molecule has 4 rings (SSSR count). The molecule has 156 valence electrons. The molecule has 0 saturated carbocycles. The van der Waals surface area contributed by atoms with Crippen LogP contribution in [0.1, 0.15) is 56.1 Å². The van der Waals surface area contributed by atoms with E-state index in [1.807, 2.05) is 0 Å². The second-order valence-corrected chi connectivity index (χ2v) is 7.96. The van der Waals surface area contributed by atoms with Crippen LogP contribution in [0.2, 0.25) is 0 Å². The summed E-state index contributed by atoms with van der Waals surface area (Å²) in [6.45, 7) is 0. The number of hydrogen-bond donors (Lipinski definition) is 0. The van der Waals surface area contributed by atoms with Gasteiger partial charge in [-0.25, -0.2) is 8.78 Å². The van der Waals surface area contributed by atoms with Gasteiger partial charge in [0.25, 0.3) is 0 Å². The number of alkyl halides is 3. The number of allylic oxidation sites excluding steroid dienone is 4.